The summed E-state index contributed by atoms with van der Waals surface area (Å²) in [5.74, 6) is -2.30. The Morgan fingerprint density at radius 1 is 1.16 bits per heavy atom. The van der Waals surface area contributed by atoms with E-state index in [0.29, 0.717) is 45.6 Å². The minimum Gasteiger partial charge on any atom is -0.394 e. The molecule has 4 aliphatic heterocycles. The van der Waals surface area contributed by atoms with Crippen LogP contribution in [0.4, 0.5) is 0 Å². The van der Waals surface area contributed by atoms with E-state index in [2.05, 4.69) is 15.5 Å². The molecule has 4 saturated heterocycles. The zero-order valence-electron chi connectivity index (χ0n) is 21.7. The number of rotatable bonds is 9. The number of fused-ring (bicyclic) bond motifs is 1. The number of carbonyl (C=O) groups is 3. The van der Waals surface area contributed by atoms with Crippen LogP contribution in [0.15, 0.2) is 30.3 Å². The SMILES string of the molecule is CNC(=O)[C@@H]1[C@H]2C(=O)N([C@@H](CO)Cc3ccccc3)C(C(=O)NCCN3CCOCC3)C23CC[C@@]1(C)O3. The second-order valence-electron chi connectivity index (χ2n) is 10.9. The van der Waals surface area contributed by atoms with Gasteiger partial charge in [0.15, 0.2) is 0 Å². The molecule has 4 fully saturated rings. The number of benzene rings is 1. The van der Waals surface area contributed by atoms with Crippen molar-refractivity contribution < 1.29 is 29.0 Å². The van der Waals surface area contributed by atoms with Gasteiger partial charge in [-0.2, -0.15) is 0 Å². The fourth-order valence-corrected chi connectivity index (χ4v) is 7.01. The van der Waals surface area contributed by atoms with Gasteiger partial charge in [-0.1, -0.05) is 30.3 Å². The molecule has 0 aromatic heterocycles. The van der Waals surface area contributed by atoms with Crippen LogP contribution < -0.4 is 10.6 Å². The summed E-state index contributed by atoms with van der Waals surface area (Å²) in [5, 5.41) is 16.2. The Balaban J connectivity index is 1.45. The van der Waals surface area contributed by atoms with E-state index in [9.17, 15) is 19.5 Å². The maximum Gasteiger partial charge on any atom is 0.245 e. The van der Waals surface area contributed by atoms with Crippen LogP contribution in [0.5, 0.6) is 0 Å². The van der Waals surface area contributed by atoms with Gasteiger partial charge in [-0.15, -0.1) is 0 Å². The van der Waals surface area contributed by atoms with Gasteiger partial charge in [0, 0.05) is 33.2 Å². The van der Waals surface area contributed by atoms with E-state index >= 15 is 0 Å². The first-order valence-electron chi connectivity index (χ1n) is 13.3. The summed E-state index contributed by atoms with van der Waals surface area (Å²) in [7, 11) is 1.56. The zero-order valence-corrected chi connectivity index (χ0v) is 21.7. The van der Waals surface area contributed by atoms with E-state index in [4.69, 9.17) is 9.47 Å². The van der Waals surface area contributed by atoms with Crippen LogP contribution in [0, 0.1) is 11.8 Å². The van der Waals surface area contributed by atoms with Crippen LogP contribution in [-0.4, -0.2) is 109 Å². The molecule has 6 atom stereocenters. The highest BCUT2D eigenvalue weighted by Gasteiger charge is 2.78. The second-order valence-corrected chi connectivity index (χ2v) is 10.9. The fraction of sp³-hybridized carbons (Fsp3) is 0.667. The summed E-state index contributed by atoms with van der Waals surface area (Å²) in [6.07, 6.45) is 1.49. The van der Waals surface area contributed by atoms with Gasteiger partial charge in [-0.05, 0) is 31.7 Å². The minimum absolute atomic E-state index is 0.251. The average Bonchev–Trinajstić information content (AvgIpc) is 3.48. The van der Waals surface area contributed by atoms with Crippen LogP contribution in [0.25, 0.3) is 0 Å². The van der Waals surface area contributed by atoms with Crippen molar-refractivity contribution in [3.05, 3.63) is 35.9 Å². The van der Waals surface area contributed by atoms with Gasteiger partial charge in [0.1, 0.15) is 11.6 Å². The number of nitrogens with zero attached hydrogens (tertiary/aromatic N) is 2. The lowest BCUT2D eigenvalue weighted by atomic mass is 9.66. The predicted octanol–water partition coefficient (Wildman–Crippen LogP) is -0.451. The zero-order chi connectivity index (χ0) is 26.2. The fourth-order valence-electron chi connectivity index (χ4n) is 7.01. The predicted molar refractivity (Wildman–Crippen MR) is 134 cm³/mol. The summed E-state index contributed by atoms with van der Waals surface area (Å²) >= 11 is 0. The average molecular weight is 515 g/mol. The first-order chi connectivity index (χ1) is 17.8. The van der Waals surface area contributed by atoms with Crippen LogP contribution >= 0.6 is 0 Å². The standard InChI is InChI=1S/C27H38N4O6/c1-26-8-9-27(37-26)21(20(26)23(33)28-2)25(35)31(19(17-32)16-18-6-4-3-5-7-18)22(27)24(34)29-10-11-30-12-14-36-15-13-30/h3-7,19-22,32H,8-17H2,1-2H3,(H,28,33)(H,29,34)/t19-,20+,21+,22?,26-,27?/m1/s1. The first-order valence-corrected chi connectivity index (χ1v) is 13.3. The van der Waals surface area contributed by atoms with Crippen LogP contribution in [0.1, 0.15) is 25.3 Å². The molecule has 1 aromatic carbocycles. The number of aliphatic hydroxyl groups is 1. The van der Waals surface area contributed by atoms with E-state index in [1.165, 1.54) is 4.90 Å². The molecule has 10 nitrogen and oxygen atoms in total. The van der Waals surface area contributed by atoms with Crippen molar-refractivity contribution in [2.45, 2.75) is 49.5 Å². The number of carbonyl (C=O) groups excluding carboxylic acids is 3. The summed E-state index contributed by atoms with van der Waals surface area (Å²) in [5.41, 5.74) is -0.959. The number of hydrogen-bond donors (Lipinski definition) is 3. The molecule has 5 rings (SSSR count). The Bertz CT molecular complexity index is 1020. The van der Waals surface area contributed by atoms with Gasteiger partial charge in [-0.3, -0.25) is 19.3 Å². The van der Waals surface area contributed by atoms with E-state index in [0.717, 1.165) is 18.7 Å². The van der Waals surface area contributed by atoms with Gasteiger partial charge in [0.05, 0.1) is 43.3 Å². The molecule has 10 heteroatoms. The van der Waals surface area contributed by atoms with E-state index in [1.54, 1.807) is 7.05 Å². The quantitative estimate of drug-likeness (QED) is 0.408. The van der Waals surface area contributed by atoms with Crippen LogP contribution in [0.2, 0.25) is 0 Å². The highest BCUT2D eigenvalue weighted by Crippen LogP contribution is 2.63. The molecule has 2 unspecified atom stereocenters. The highest BCUT2D eigenvalue weighted by atomic mass is 16.5. The number of nitrogens with one attached hydrogen (secondary N) is 2. The minimum atomic E-state index is -1.10. The molecule has 1 aromatic rings. The Labute approximate surface area is 217 Å². The molecular formula is C27H38N4O6. The molecule has 4 aliphatic rings. The largest absolute Gasteiger partial charge is 0.394 e. The van der Waals surface area contributed by atoms with Gasteiger partial charge >= 0.3 is 0 Å². The number of likely N-dealkylation sites (tertiary alicyclic amines) is 1. The van der Waals surface area contributed by atoms with Crippen molar-refractivity contribution >= 4 is 17.7 Å². The van der Waals surface area contributed by atoms with Gasteiger partial charge in [0.25, 0.3) is 0 Å². The second kappa shape index (κ2) is 10.3. The Morgan fingerprint density at radius 3 is 2.57 bits per heavy atom. The third-order valence-electron chi connectivity index (χ3n) is 8.74. The molecule has 0 saturated carbocycles. The topological polar surface area (TPSA) is 120 Å². The summed E-state index contributed by atoms with van der Waals surface area (Å²) in [6, 6.07) is 8.07. The van der Waals surface area contributed by atoms with Crippen molar-refractivity contribution in [2.24, 2.45) is 11.8 Å². The van der Waals surface area contributed by atoms with Crippen molar-refractivity contribution in [1.29, 1.82) is 0 Å². The number of aliphatic hydroxyl groups excluding tert-OH is 1. The van der Waals surface area contributed by atoms with E-state index in [1.807, 2.05) is 37.3 Å². The molecule has 3 N–H and O–H groups in total. The number of hydrogen-bond acceptors (Lipinski definition) is 7. The molecule has 3 amide bonds. The lowest BCUT2D eigenvalue weighted by Crippen LogP contribution is -2.59. The molecule has 202 valence electrons. The van der Waals surface area contributed by atoms with E-state index in [-0.39, 0.29) is 24.3 Å². The van der Waals surface area contributed by atoms with Crippen molar-refractivity contribution in [3.63, 3.8) is 0 Å². The first kappa shape index (κ1) is 26.1. The molecule has 0 aliphatic carbocycles. The third-order valence-corrected chi connectivity index (χ3v) is 8.74. The summed E-state index contributed by atoms with van der Waals surface area (Å²) in [4.78, 5) is 44.8. The maximum atomic E-state index is 14.1. The normalized spacial score (nSPS) is 33.9. The van der Waals surface area contributed by atoms with Crippen molar-refractivity contribution in [2.75, 3.05) is 53.0 Å². The van der Waals surface area contributed by atoms with Gasteiger partial charge < -0.3 is 30.1 Å². The van der Waals surface area contributed by atoms with E-state index < -0.39 is 35.1 Å². The number of ether oxygens (including phenoxy) is 2. The summed E-state index contributed by atoms with van der Waals surface area (Å²) < 4.78 is 12.0. The van der Waals surface area contributed by atoms with Crippen LogP contribution in [0.3, 0.4) is 0 Å². The Kier molecular flexibility index (Phi) is 7.28. The Hall–Kier alpha value is -2.53. The molecule has 0 radical (unpaired) electrons. The Morgan fingerprint density at radius 2 is 1.89 bits per heavy atom. The van der Waals surface area contributed by atoms with Crippen molar-refractivity contribution in [1.82, 2.24) is 20.4 Å². The molecular weight excluding hydrogens is 476 g/mol. The van der Waals surface area contributed by atoms with Crippen LogP contribution in [-0.2, 0) is 30.3 Å². The lowest BCUT2D eigenvalue weighted by Gasteiger charge is -2.37. The molecule has 1 spiro atoms. The van der Waals surface area contributed by atoms with Crippen molar-refractivity contribution in [3.8, 4) is 0 Å². The summed E-state index contributed by atoms with van der Waals surface area (Å²) in [6.45, 7) is 5.66. The highest BCUT2D eigenvalue weighted by molar-refractivity contribution is 5.99. The molecule has 37 heavy (non-hydrogen) atoms. The monoisotopic (exact) mass is 514 g/mol. The van der Waals surface area contributed by atoms with Gasteiger partial charge in [0.2, 0.25) is 17.7 Å². The molecule has 4 heterocycles. The third kappa shape index (κ3) is 4.43. The maximum absolute atomic E-state index is 14.1. The number of morpholine rings is 1. The molecule has 2 bridgehead atoms. The van der Waals surface area contributed by atoms with Gasteiger partial charge in [-0.25, -0.2) is 0 Å². The number of amides is 3. The smallest absolute Gasteiger partial charge is 0.245 e. The lowest BCUT2D eigenvalue weighted by molar-refractivity contribution is -0.149.